The molecule has 2 rings (SSSR count). The summed E-state index contributed by atoms with van der Waals surface area (Å²) < 4.78 is 98.4. The van der Waals surface area contributed by atoms with Crippen molar-refractivity contribution in [3.63, 3.8) is 0 Å². The summed E-state index contributed by atoms with van der Waals surface area (Å²) in [6.07, 6.45) is -1.87. The SMILES string of the molecule is CC=Cc1cc(F)c(C(F)(F)Oc2cc(F)c(F)c(F)c2)c(F)c1. The summed E-state index contributed by atoms with van der Waals surface area (Å²) in [5.74, 6) is -9.82. The average molecular weight is 350 g/mol. The molecular weight excluding hydrogens is 341 g/mol. The standard InChI is InChI=1S/C16H9F7O/c1-2-3-8-4-10(17)14(11(18)5-8)16(22,23)24-9-6-12(19)15(21)13(20)7-9/h2-7H,1H3. The van der Waals surface area contributed by atoms with Crippen molar-refractivity contribution >= 4 is 6.08 Å². The molecule has 1 nitrogen and oxygen atoms in total. The van der Waals surface area contributed by atoms with Crippen molar-refractivity contribution in [1.82, 2.24) is 0 Å². The lowest BCUT2D eigenvalue weighted by Crippen LogP contribution is -2.25. The first-order valence-corrected chi connectivity index (χ1v) is 6.49. The lowest BCUT2D eigenvalue weighted by atomic mass is 10.1. The van der Waals surface area contributed by atoms with E-state index in [1.54, 1.807) is 6.92 Å². The molecule has 0 aliphatic heterocycles. The molecule has 0 spiro atoms. The Labute approximate surface area is 132 Å². The Morgan fingerprint density at radius 3 is 1.79 bits per heavy atom. The maximum atomic E-state index is 14.0. The van der Waals surface area contributed by atoms with Gasteiger partial charge in [-0.05, 0) is 24.6 Å². The summed E-state index contributed by atoms with van der Waals surface area (Å²) in [6, 6.07) is 1.55. The maximum Gasteiger partial charge on any atom is 0.432 e. The minimum absolute atomic E-state index is 0.00841. The van der Waals surface area contributed by atoms with Gasteiger partial charge in [0.2, 0.25) is 0 Å². The zero-order valence-corrected chi connectivity index (χ0v) is 12.0. The molecule has 0 heterocycles. The van der Waals surface area contributed by atoms with Gasteiger partial charge in [0.15, 0.2) is 17.5 Å². The molecule has 128 valence electrons. The monoisotopic (exact) mass is 350 g/mol. The van der Waals surface area contributed by atoms with Crippen LogP contribution in [0.4, 0.5) is 30.7 Å². The number of ether oxygens (including phenoxy) is 1. The summed E-state index contributed by atoms with van der Waals surface area (Å²) in [4.78, 5) is 0. The van der Waals surface area contributed by atoms with E-state index in [9.17, 15) is 30.7 Å². The van der Waals surface area contributed by atoms with E-state index in [0.29, 0.717) is 12.1 Å². The zero-order valence-electron chi connectivity index (χ0n) is 12.0. The second-order valence-corrected chi connectivity index (χ2v) is 4.68. The van der Waals surface area contributed by atoms with E-state index in [4.69, 9.17) is 0 Å². The Balaban J connectivity index is 2.44. The third kappa shape index (κ3) is 3.52. The summed E-state index contributed by atoms with van der Waals surface area (Å²) in [7, 11) is 0. The van der Waals surface area contributed by atoms with Gasteiger partial charge in [0.05, 0.1) is 0 Å². The molecule has 2 aromatic rings. The van der Waals surface area contributed by atoms with Crippen LogP contribution in [0.15, 0.2) is 30.3 Å². The van der Waals surface area contributed by atoms with E-state index in [-0.39, 0.29) is 17.7 Å². The van der Waals surface area contributed by atoms with E-state index in [1.165, 1.54) is 12.2 Å². The predicted molar refractivity (Wildman–Crippen MR) is 71.9 cm³/mol. The summed E-state index contributed by atoms with van der Waals surface area (Å²) >= 11 is 0. The number of rotatable bonds is 4. The summed E-state index contributed by atoms with van der Waals surface area (Å²) in [5.41, 5.74) is -1.74. The van der Waals surface area contributed by atoms with Gasteiger partial charge in [0.1, 0.15) is 22.9 Å². The molecule has 0 amide bonds. The van der Waals surface area contributed by atoms with Gasteiger partial charge < -0.3 is 4.74 Å². The molecule has 24 heavy (non-hydrogen) atoms. The normalized spacial score (nSPS) is 12.0. The number of alkyl halides is 2. The Hall–Kier alpha value is -2.51. The molecular formula is C16H9F7O. The van der Waals surface area contributed by atoms with Gasteiger partial charge in [-0.2, -0.15) is 8.78 Å². The molecule has 2 aromatic carbocycles. The zero-order chi connectivity index (χ0) is 18.1. The number of halogens is 7. The minimum Gasteiger partial charge on any atom is -0.429 e. The van der Waals surface area contributed by atoms with Gasteiger partial charge in [-0.3, -0.25) is 0 Å². The molecule has 0 fully saturated rings. The van der Waals surface area contributed by atoms with Crippen molar-refractivity contribution in [3.8, 4) is 5.75 Å². The summed E-state index contributed by atoms with van der Waals surface area (Å²) in [5, 5.41) is 0. The molecule has 0 unspecified atom stereocenters. The first-order chi connectivity index (χ1) is 11.2. The van der Waals surface area contributed by atoms with Crippen LogP contribution in [0.1, 0.15) is 18.1 Å². The molecule has 0 aliphatic rings. The minimum atomic E-state index is -4.58. The van der Waals surface area contributed by atoms with Crippen molar-refractivity contribution in [3.05, 3.63) is 70.6 Å². The van der Waals surface area contributed by atoms with E-state index in [0.717, 1.165) is 0 Å². The molecule has 0 bridgehead atoms. The van der Waals surface area contributed by atoms with E-state index in [1.807, 2.05) is 0 Å². The predicted octanol–water partition coefficient (Wildman–Crippen LogP) is 5.54. The molecule has 0 N–H and O–H groups in total. The number of hydrogen-bond acceptors (Lipinski definition) is 1. The van der Waals surface area contributed by atoms with Crippen LogP contribution in [-0.4, -0.2) is 0 Å². The molecule has 8 heteroatoms. The number of benzene rings is 2. The Bertz CT molecular complexity index is 753. The first kappa shape index (κ1) is 17.8. The Morgan fingerprint density at radius 1 is 0.833 bits per heavy atom. The first-order valence-electron chi connectivity index (χ1n) is 6.49. The lowest BCUT2D eigenvalue weighted by molar-refractivity contribution is -0.189. The van der Waals surface area contributed by atoms with Crippen molar-refractivity contribution in [2.75, 3.05) is 0 Å². The van der Waals surface area contributed by atoms with E-state index in [2.05, 4.69) is 4.74 Å². The van der Waals surface area contributed by atoms with Crippen molar-refractivity contribution < 1.29 is 35.5 Å². The lowest BCUT2D eigenvalue weighted by Gasteiger charge is -2.20. The van der Waals surface area contributed by atoms with Crippen LogP contribution in [0.2, 0.25) is 0 Å². The van der Waals surface area contributed by atoms with Crippen LogP contribution in [0, 0.1) is 29.1 Å². The van der Waals surface area contributed by atoms with Gasteiger partial charge in [-0.1, -0.05) is 12.2 Å². The van der Waals surface area contributed by atoms with Crippen LogP contribution >= 0.6 is 0 Å². The maximum absolute atomic E-state index is 14.0. The number of hydrogen-bond donors (Lipinski definition) is 0. The molecule has 0 saturated carbocycles. The quantitative estimate of drug-likeness (QED) is 0.519. The van der Waals surface area contributed by atoms with Crippen LogP contribution in [0.3, 0.4) is 0 Å². The van der Waals surface area contributed by atoms with E-state index < -0.39 is 46.5 Å². The highest BCUT2D eigenvalue weighted by Gasteiger charge is 2.41. The molecule has 0 saturated heterocycles. The molecule has 0 radical (unpaired) electrons. The van der Waals surface area contributed by atoms with Gasteiger partial charge in [-0.15, -0.1) is 0 Å². The second-order valence-electron chi connectivity index (χ2n) is 4.68. The highest BCUT2D eigenvalue weighted by molar-refractivity contribution is 5.50. The van der Waals surface area contributed by atoms with Gasteiger partial charge in [0, 0.05) is 12.1 Å². The topological polar surface area (TPSA) is 9.23 Å². The third-order valence-corrected chi connectivity index (χ3v) is 2.92. The fraction of sp³-hybridized carbons (Fsp3) is 0.125. The largest absolute Gasteiger partial charge is 0.432 e. The van der Waals surface area contributed by atoms with Crippen molar-refractivity contribution in [1.29, 1.82) is 0 Å². The van der Waals surface area contributed by atoms with E-state index >= 15 is 0 Å². The van der Waals surface area contributed by atoms with Crippen LogP contribution in [0.25, 0.3) is 6.08 Å². The third-order valence-electron chi connectivity index (χ3n) is 2.92. The van der Waals surface area contributed by atoms with Crippen molar-refractivity contribution in [2.45, 2.75) is 13.0 Å². The highest BCUT2D eigenvalue weighted by atomic mass is 19.3. The Morgan fingerprint density at radius 2 is 1.33 bits per heavy atom. The van der Waals surface area contributed by atoms with Gasteiger partial charge in [0.25, 0.3) is 0 Å². The van der Waals surface area contributed by atoms with Crippen LogP contribution < -0.4 is 4.74 Å². The molecule has 0 atom stereocenters. The second kappa shape index (κ2) is 6.54. The highest BCUT2D eigenvalue weighted by Crippen LogP contribution is 2.36. The summed E-state index contributed by atoms with van der Waals surface area (Å²) in [6.45, 7) is 1.55. The Kier molecular flexibility index (Phi) is 4.86. The fourth-order valence-corrected chi connectivity index (χ4v) is 1.95. The van der Waals surface area contributed by atoms with Gasteiger partial charge >= 0.3 is 6.11 Å². The van der Waals surface area contributed by atoms with Crippen LogP contribution in [-0.2, 0) is 6.11 Å². The van der Waals surface area contributed by atoms with Crippen molar-refractivity contribution in [2.24, 2.45) is 0 Å². The van der Waals surface area contributed by atoms with Crippen LogP contribution in [0.5, 0.6) is 5.75 Å². The molecule has 0 aromatic heterocycles. The average Bonchev–Trinajstić information content (AvgIpc) is 2.43. The molecule has 0 aliphatic carbocycles. The fourth-order valence-electron chi connectivity index (χ4n) is 1.95. The van der Waals surface area contributed by atoms with Gasteiger partial charge in [-0.25, -0.2) is 22.0 Å². The smallest absolute Gasteiger partial charge is 0.429 e. The number of allylic oxidation sites excluding steroid dienone is 1.